The molecule has 0 radical (unpaired) electrons. The fourth-order valence-corrected chi connectivity index (χ4v) is 3.42. The Morgan fingerprint density at radius 1 is 1.10 bits per heavy atom. The Hall–Kier alpha value is -3.06. The molecule has 1 heterocycles. The highest BCUT2D eigenvalue weighted by Crippen LogP contribution is 2.32. The molecule has 3 rings (SSSR count). The van der Waals surface area contributed by atoms with Crippen LogP contribution in [0.25, 0.3) is 0 Å². The zero-order valence-electron chi connectivity index (χ0n) is 18.1. The number of likely N-dealkylation sites (N-methyl/N-ethyl adjacent to an activating group) is 2. The predicted molar refractivity (Wildman–Crippen MR) is 115 cm³/mol. The topological polar surface area (TPSA) is 72.3 Å². The Balaban J connectivity index is 1.53. The molecule has 7 nitrogen and oxygen atoms in total. The van der Waals surface area contributed by atoms with Crippen molar-refractivity contribution in [3.8, 4) is 11.5 Å². The van der Waals surface area contributed by atoms with E-state index >= 15 is 0 Å². The van der Waals surface area contributed by atoms with Crippen LogP contribution in [0.2, 0.25) is 0 Å². The molecule has 1 aliphatic heterocycles. The summed E-state index contributed by atoms with van der Waals surface area (Å²) < 4.78 is 10.7. The molecule has 0 spiro atoms. The van der Waals surface area contributed by atoms with Gasteiger partial charge in [0.05, 0.1) is 7.05 Å². The van der Waals surface area contributed by atoms with Crippen LogP contribution in [0.4, 0.5) is 5.69 Å². The van der Waals surface area contributed by atoms with E-state index in [0.717, 1.165) is 33.0 Å². The summed E-state index contributed by atoms with van der Waals surface area (Å²) in [7, 11) is 1.86. The summed E-state index contributed by atoms with van der Waals surface area (Å²) in [5.74, 6) is 1.34. The van der Waals surface area contributed by atoms with E-state index in [1.54, 1.807) is 4.90 Å². The molecule has 2 aromatic carbocycles. The second kappa shape index (κ2) is 9.63. The summed E-state index contributed by atoms with van der Waals surface area (Å²) in [6.07, 6.45) is 0. The molecule has 1 atom stereocenters. The van der Waals surface area contributed by atoms with Crippen LogP contribution in [0.1, 0.15) is 23.6 Å². The first-order valence-corrected chi connectivity index (χ1v) is 10.2. The third kappa shape index (κ3) is 5.30. The van der Waals surface area contributed by atoms with Gasteiger partial charge in [0.15, 0.2) is 24.6 Å². The summed E-state index contributed by atoms with van der Waals surface area (Å²) in [4.78, 5) is 27.8. The molecule has 1 unspecified atom stereocenters. The van der Waals surface area contributed by atoms with Gasteiger partial charge in [-0.15, -0.1) is 0 Å². The maximum Gasteiger partial charge on any atom is 0.279 e. The third-order valence-corrected chi connectivity index (χ3v) is 5.34. The van der Waals surface area contributed by atoms with Crippen LogP contribution in [0.5, 0.6) is 11.5 Å². The van der Waals surface area contributed by atoms with E-state index < -0.39 is 0 Å². The molecule has 7 heteroatoms. The summed E-state index contributed by atoms with van der Waals surface area (Å²) in [6, 6.07) is 11.5. The van der Waals surface area contributed by atoms with Crippen LogP contribution in [-0.4, -0.2) is 50.2 Å². The smallest absolute Gasteiger partial charge is 0.279 e. The first-order chi connectivity index (χ1) is 14.4. The number of carbonyl (C=O) groups excluding carboxylic acids is 2. The fraction of sp³-hybridized carbons (Fsp3) is 0.391. The van der Waals surface area contributed by atoms with Crippen LogP contribution >= 0.6 is 0 Å². The van der Waals surface area contributed by atoms with Crippen molar-refractivity contribution in [2.24, 2.45) is 0 Å². The Morgan fingerprint density at radius 2 is 1.87 bits per heavy atom. The van der Waals surface area contributed by atoms with E-state index in [1.165, 1.54) is 0 Å². The number of nitrogens with one attached hydrogen (secondary N) is 2. The van der Waals surface area contributed by atoms with Crippen LogP contribution in [0, 0.1) is 13.8 Å². The van der Waals surface area contributed by atoms with Gasteiger partial charge in [0.1, 0.15) is 0 Å². The van der Waals surface area contributed by atoms with Crippen molar-refractivity contribution in [3.05, 3.63) is 53.1 Å². The molecule has 30 heavy (non-hydrogen) atoms. The molecule has 2 aromatic rings. The number of hydrogen-bond acceptors (Lipinski definition) is 4. The SMILES string of the molecule is CCN(Cc1ccc2c(c1)OCO2)C(=O)C[NH+](C)CC(=O)Nc1cccc(C)c1C. The van der Waals surface area contributed by atoms with Crippen molar-refractivity contribution in [1.82, 2.24) is 4.90 Å². The van der Waals surface area contributed by atoms with Gasteiger partial charge in [0.2, 0.25) is 6.79 Å². The molecular weight excluding hydrogens is 382 g/mol. The van der Waals surface area contributed by atoms with Crippen LogP contribution in [0.3, 0.4) is 0 Å². The molecular formula is C23H30N3O4+. The molecule has 2 amide bonds. The van der Waals surface area contributed by atoms with E-state index in [4.69, 9.17) is 9.47 Å². The molecule has 1 aliphatic rings. The summed E-state index contributed by atoms with van der Waals surface area (Å²) in [5.41, 5.74) is 3.99. The molecule has 0 fully saturated rings. The van der Waals surface area contributed by atoms with Gasteiger partial charge in [-0.2, -0.15) is 0 Å². The van der Waals surface area contributed by atoms with Crippen molar-refractivity contribution < 1.29 is 24.0 Å². The van der Waals surface area contributed by atoms with Crippen molar-refractivity contribution in [1.29, 1.82) is 0 Å². The summed E-state index contributed by atoms with van der Waals surface area (Å²) >= 11 is 0. The van der Waals surface area contributed by atoms with Crippen LogP contribution < -0.4 is 19.7 Å². The second-order valence-electron chi connectivity index (χ2n) is 7.70. The van der Waals surface area contributed by atoms with Crippen molar-refractivity contribution in [2.45, 2.75) is 27.3 Å². The number of anilines is 1. The molecule has 0 bridgehead atoms. The summed E-state index contributed by atoms with van der Waals surface area (Å²) in [5, 5.41) is 2.95. The zero-order chi connectivity index (χ0) is 21.7. The highest BCUT2D eigenvalue weighted by Gasteiger charge is 2.21. The highest BCUT2D eigenvalue weighted by molar-refractivity contribution is 5.92. The van der Waals surface area contributed by atoms with Gasteiger partial charge in [-0.25, -0.2) is 0 Å². The maximum absolute atomic E-state index is 12.8. The minimum absolute atomic E-state index is 0.00667. The van der Waals surface area contributed by atoms with E-state index in [9.17, 15) is 9.59 Å². The van der Waals surface area contributed by atoms with Crippen molar-refractivity contribution >= 4 is 17.5 Å². The van der Waals surface area contributed by atoms with Crippen molar-refractivity contribution in [3.63, 3.8) is 0 Å². The average molecular weight is 413 g/mol. The minimum atomic E-state index is -0.104. The third-order valence-electron chi connectivity index (χ3n) is 5.34. The van der Waals surface area contributed by atoms with Gasteiger partial charge in [-0.3, -0.25) is 9.59 Å². The largest absolute Gasteiger partial charge is 0.454 e. The van der Waals surface area contributed by atoms with Crippen molar-refractivity contribution in [2.75, 3.05) is 38.8 Å². The number of hydrogen-bond donors (Lipinski definition) is 2. The number of carbonyl (C=O) groups is 2. The van der Waals surface area contributed by atoms with E-state index in [1.807, 2.05) is 64.2 Å². The lowest BCUT2D eigenvalue weighted by Gasteiger charge is -2.23. The molecule has 0 saturated carbocycles. The number of ether oxygens (including phenoxy) is 2. The number of quaternary nitrogens is 1. The lowest BCUT2D eigenvalue weighted by Crippen LogP contribution is -3.11. The van der Waals surface area contributed by atoms with Gasteiger partial charge >= 0.3 is 0 Å². The lowest BCUT2D eigenvalue weighted by atomic mass is 10.1. The predicted octanol–water partition coefficient (Wildman–Crippen LogP) is 1.53. The lowest BCUT2D eigenvalue weighted by molar-refractivity contribution is -0.862. The first kappa shape index (κ1) is 21.6. The number of benzene rings is 2. The standard InChI is InChI=1S/C23H29N3O4/c1-5-26(12-18-9-10-20-21(11-18)30-15-29-20)23(28)14-25(4)13-22(27)24-19-8-6-7-16(2)17(19)3/h6-11H,5,12-15H2,1-4H3,(H,24,27)/p+1. The molecule has 0 saturated heterocycles. The quantitative estimate of drug-likeness (QED) is 0.690. The molecule has 0 aromatic heterocycles. The maximum atomic E-state index is 12.8. The van der Waals surface area contributed by atoms with Gasteiger partial charge < -0.3 is 24.6 Å². The Bertz CT molecular complexity index is 929. The number of aryl methyl sites for hydroxylation is 1. The number of nitrogens with zero attached hydrogens (tertiary/aromatic N) is 1. The average Bonchev–Trinajstić information content (AvgIpc) is 3.17. The number of amides is 2. The Morgan fingerprint density at radius 3 is 2.63 bits per heavy atom. The zero-order valence-corrected chi connectivity index (χ0v) is 18.1. The van der Waals surface area contributed by atoms with Gasteiger partial charge in [0.25, 0.3) is 11.8 Å². The minimum Gasteiger partial charge on any atom is -0.454 e. The van der Waals surface area contributed by atoms with Crippen LogP contribution in [-0.2, 0) is 16.1 Å². The normalized spacial score (nSPS) is 13.1. The van der Waals surface area contributed by atoms with Gasteiger partial charge in [-0.1, -0.05) is 18.2 Å². The Kier molecular flexibility index (Phi) is 6.95. The second-order valence-corrected chi connectivity index (χ2v) is 7.70. The molecule has 0 aliphatic carbocycles. The van der Waals surface area contributed by atoms with Gasteiger partial charge in [0, 0.05) is 18.8 Å². The summed E-state index contributed by atoms with van der Waals surface area (Å²) in [6.45, 7) is 7.74. The highest BCUT2D eigenvalue weighted by atomic mass is 16.7. The van der Waals surface area contributed by atoms with Crippen LogP contribution in [0.15, 0.2) is 36.4 Å². The fourth-order valence-electron chi connectivity index (χ4n) is 3.42. The number of fused-ring (bicyclic) bond motifs is 1. The first-order valence-electron chi connectivity index (χ1n) is 10.2. The Labute approximate surface area is 177 Å². The molecule has 2 N–H and O–H groups in total. The molecule has 160 valence electrons. The number of rotatable bonds is 8. The monoisotopic (exact) mass is 412 g/mol. The van der Waals surface area contributed by atoms with E-state index in [-0.39, 0.29) is 31.7 Å². The van der Waals surface area contributed by atoms with E-state index in [2.05, 4.69) is 5.32 Å². The van der Waals surface area contributed by atoms with Gasteiger partial charge in [-0.05, 0) is 55.7 Å². The van der Waals surface area contributed by atoms with E-state index in [0.29, 0.717) is 18.8 Å².